The molecule has 0 bridgehead atoms. The van der Waals surface area contributed by atoms with Crippen LogP contribution in [-0.2, 0) is 20.7 Å². The summed E-state index contributed by atoms with van der Waals surface area (Å²) >= 11 is 7.07. The molecule has 9 heteroatoms. The van der Waals surface area contributed by atoms with Crippen molar-refractivity contribution in [1.29, 1.82) is 0 Å². The van der Waals surface area contributed by atoms with Gasteiger partial charge in [0.25, 0.3) is 5.91 Å². The van der Waals surface area contributed by atoms with Crippen LogP contribution in [0, 0.1) is 5.82 Å². The van der Waals surface area contributed by atoms with Gasteiger partial charge in [-0.25, -0.2) is 9.37 Å². The van der Waals surface area contributed by atoms with Crippen LogP contribution in [0.1, 0.15) is 5.69 Å². The fourth-order valence-corrected chi connectivity index (χ4v) is 2.88. The Labute approximate surface area is 144 Å². The molecule has 6 nitrogen and oxygen atoms in total. The summed E-state index contributed by atoms with van der Waals surface area (Å²) in [5.74, 6) is -1.69. The maximum atomic E-state index is 13.0. The molecule has 0 aliphatic rings. The van der Waals surface area contributed by atoms with E-state index in [-0.39, 0.29) is 11.4 Å². The van der Waals surface area contributed by atoms with Crippen LogP contribution >= 0.6 is 22.9 Å². The van der Waals surface area contributed by atoms with Crippen LogP contribution in [0.25, 0.3) is 4.96 Å². The zero-order valence-electron chi connectivity index (χ0n) is 12.2. The van der Waals surface area contributed by atoms with Gasteiger partial charge < -0.3 is 10.1 Å². The van der Waals surface area contributed by atoms with Gasteiger partial charge in [0.1, 0.15) is 5.82 Å². The van der Waals surface area contributed by atoms with Crippen molar-refractivity contribution in [2.24, 2.45) is 0 Å². The second-order valence-electron chi connectivity index (χ2n) is 4.84. The van der Waals surface area contributed by atoms with Crippen LogP contribution in [0.3, 0.4) is 0 Å². The molecule has 1 amide bonds. The van der Waals surface area contributed by atoms with E-state index < -0.39 is 24.3 Å². The third-order valence-corrected chi connectivity index (χ3v) is 4.10. The average molecular weight is 368 g/mol. The molecular weight excluding hydrogens is 357 g/mol. The van der Waals surface area contributed by atoms with Crippen molar-refractivity contribution in [2.45, 2.75) is 6.42 Å². The molecule has 0 aliphatic carbocycles. The molecule has 2 heterocycles. The van der Waals surface area contributed by atoms with Crippen molar-refractivity contribution in [2.75, 3.05) is 11.9 Å². The highest BCUT2D eigenvalue weighted by molar-refractivity contribution is 7.15. The lowest BCUT2D eigenvalue weighted by Gasteiger charge is -2.06. The summed E-state index contributed by atoms with van der Waals surface area (Å²) in [5.41, 5.74) is 0.884. The van der Waals surface area contributed by atoms with Crippen molar-refractivity contribution < 1.29 is 18.7 Å². The average Bonchev–Trinajstić information content (AvgIpc) is 3.10. The summed E-state index contributed by atoms with van der Waals surface area (Å²) in [6.07, 6.45) is 3.54. The first-order chi connectivity index (χ1) is 11.5. The number of imidazole rings is 1. The Morgan fingerprint density at radius 1 is 1.42 bits per heavy atom. The first-order valence-corrected chi connectivity index (χ1v) is 8.08. The monoisotopic (exact) mass is 367 g/mol. The highest BCUT2D eigenvalue weighted by atomic mass is 35.5. The molecule has 1 aromatic carbocycles. The van der Waals surface area contributed by atoms with Gasteiger partial charge in [-0.2, -0.15) is 0 Å². The Kier molecular flexibility index (Phi) is 4.77. The van der Waals surface area contributed by atoms with Gasteiger partial charge in [-0.3, -0.25) is 14.0 Å². The molecule has 0 atom stereocenters. The second kappa shape index (κ2) is 6.98. The topological polar surface area (TPSA) is 72.7 Å². The molecule has 0 fully saturated rings. The standard InChI is InChI=1S/C15H11ClFN3O3S/c16-11-5-9(1-2-12(11)17)18-13(21)8-23-14(22)6-10-7-20-3-4-24-15(20)19-10/h1-5,7H,6,8H2,(H,18,21). The van der Waals surface area contributed by atoms with Crippen molar-refractivity contribution in [3.63, 3.8) is 0 Å². The summed E-state index contributed by atoms with van der Waals surface area (Å²) < 4.78 is 19.7. The molecular formula is C15H11ClFN3O3S. The number of thiazole rings is 1. The van der Waals surface area contributed by atoms with Crippen molar-refractivity contribution in [3.05, 3.63) is 52.5 Å². The minimum Gasteiger partial charge on any atom is -0.455 e. The van der Waals surface area contributed by atoms with Crippen LogP contribution < -0.4 is 5.32 Å². The lowest BCUT2D eigenvalue weighted by atomic mass is 10.3. The minimum absolute atomic E-state index is 0.0238. The number of nitrogens with zero attached hydrogens (tertiary/aromatic N) is 2. The second-order valence-corrected chi connectivity index (χ2v) is 6.12. The summed E-state index contributed by atoms with van der Waals surface area (Å²) in [5, 5.41) is 4.24. The van der Waals surface area contributed by atoms with Gasteiger partial charge in [0, 0.05) is 23.5 Å². The van der Waals surface area contributed by atoms with E-state index in [0.29, 0.717) is 11.4 Å². The van der Waals surface area contributed by atoms with Gasteiger partial charge >= 0.3 is 5.97 Å². The van der Waals surface area contributed by atoms with E-state index in [1.165, 1.54) is 23.5 Å². The van der Waals surface area contributed by atoms with Gasteiger partial charge in [-0.1, -0.05) is 11.6 Å². The van der Waals surface area contributed by atoms with Gasteiger partial charge in [0.05, 0.1) is 17.1 Å². The third-order valence-electron chi connectivity index (χ3n) is 3.04. The normalized spacial score (nSPS) is 10.8. The van der Waals surface area contributed by atoms with Crippen molar-refractivity contribution >= 4 is 45.5 Å². The van der Waals surface area contributed by atoms with Gasteiger partial charge in [0.2, 0.25) is 0 Å². The first kappa shape index (κ1) is 16.4. The van der Waals surface area contributed by atoms with Gasteiger partial charge in [-0.15, -0.1) is 11.3 Å². The zero-order valence-corrected chi connectivity index (χ0v) is 13.7. The molecule has 2 aromatic heterocycles. The number of benzene rings is 1. The number of nitrogens with one attached hydrogen (secondary N) is 1. The predicted octanol–water partition coefficient (Wildman–Crippen LogP) is 2.91. The van der Waals surface area contributed by atoms with Crippen LogP contribution in [0.15, 0.2) is 36.0 Å². The zero-order chi connectivity index (χ0) is 17.1. The number of rotatable bonds is 5. The Balaban J connectivity index is 1.49. The number of fused-ring (bicyclic) bond motifs is 1. The first-order valence-electron chi connectivity index (χ1n) is 6.83. The molecule has 0 saturated carbocycles. The van der Waals surface area contributed by atoms with Crippen molar-refractivity contribution in [1.82, 2.24) is 9.38 Å². The summed E-state index contributed by atoms with van der Waals surface area (Å²) in [7, 11) is 0. The number of hydrogen-bond donors (Lipinski definition) is 1. The molecule has 0 spiro atoms. The Bertz CT molecular complexity index is 880. The molecule has 24 heavy (non-hydrogen) atoms. The number of hydrogen-bond acceptors (Lipinski definition) is 5. The number of carbonyl (C=O) groups is 2. The van der Waals surface area contributed by atoms with Gasteiger partial charge in [0.15, 0.2) is 11.6 Å². The Morgan fingerprint density at radius 2 is 2.25 bits per heavy atom. The molecule has 124 valence electrons. The predicted molar refractivity (Wildman–Crippen MR) is 87.8 cm³/mol. The maximum absolute atomic E-state index is 13.0. The molecule has 1 N–H and O–H groups in total. The van der Waals surface area contributed by atoms with Crippen LogP contribution in [-0.4, -0.2) is 27.9 Å². The summed E-state index contributed by atoms with van der Waals surface area (Å²) in [4.78, 5) is 28.5. The molecule has 0 radical (unpaired) electrons. The number of ether oxygens (including phenoxy) is 1. The molecule has 0 aliphatic heterocycles. The van der Waals surface area contributed by atoms with Crippen LogP contribution in [0.4, 0.5) is 10.1 Å². The highest BCUT2D eigenvalue weighted by Crippen LogP contribution is 2.19. The minimum atomic E-state index is -0.582. The summed E-state index contributed by atoms with van der Waals surface area (Å²) in [6, 6.07) is 3.77. The number of esters is 1. The van der Waals surface area contributed by atoms with E-state index in [2.05, 4.69) is 10.3 Å². The van der Waals surface area contributed by atoms with Gasteiger partial charge in [-0.05, 0) is 18.2 Å². The smallest absolute Gasteiger partial charge is 0.312 e. The largest absolute Gasteiger partial charge is 0.455 e. The Morgan fingerprint density at radius 3 is 3.00 bits per heavy atom. The lowest BCUT2D eigenvalue weighted by Crippen LogP contribution is -2.21. The fourth-order valence-electron chi connectivity index (χ4n) is 1.98. The number of anilines is 1. The highest BCUT2D eigenvalue weighted by Gasteiger charge is 2.12. The molecule has 0 saturated heterocycles. The number of halogens is 2. The van der Waals surface area contributed by atoms with Crippen LogP contribution in [0.5, 0.6) is 0 Å². The van der Waals surface area contributed by atoms with E-state index in [4.69, 9.17) is 16.3 Å². The van der Waals surface area contributed by atoms with Crippen LogP contribution in [0.2, 0.25) is 5.02 Å². The Hall–Kier alpha value is -2.45. The third kappa shape index (κ3) is 3.90. The number of aromatic nitrogens is 2. The fraction of sp³-hybridized carbons (Fsp3) is 0.133. The van der Waals surface area contributed by atoms with Crippen molar-refractivity contribution in [3.8, 4) is 0 Å². The maximum Gasteiger partial charge on any atom is 0.312 e. The molecule has 3 aromatic rings. The van der Waals surface area contributed by atoms with E-state index >= 15 is 0 Å². The van der Waals surface area contributed by atoms with E-state index in [1.807, 2.05) is 11.6 Å². The summed E-state index contributed by atoms with van der Waals surface area (Å²) in [6.45, 7) is -0.448. The number of carbonyl (C=O) groups excluding carboxylic acids is 2. The lowest BCUT2D eigenvalue weighted by molar-refractivity contribution is -0.146. The molecule has 3 rings (SSSR count). The van der Waals surface area contributed by atoms with E-state index in [0.717, 1.165) is 11.0 Å². The number of amides is 1. The molecule has 0 unspecified atom stereocenters. The SMILES string of the molecule is O=C(COC(=O)Cc1cn2ccsc2n1)Nc1ccc(F)c(Cl)c1. The van der Waals surface area contributed by atoms with E-state index in [9.17, 15) is 14.0 Å². The van der Waals surface area contributed by atoms with E-state index in [1.54, 1.807) is 10.6 Å². The quantitative estimate of drug-likeness (QED) is 0.704.